The molecule has 2 aromatic rings. The molecule has 1 aromatic carbocycles. The first-order chi connectivity index (χ1) is 12.0. The van der Waals surface area contributed by atoms with Crippen molar-refractivity contribution in [2.45, 2.75) is 43.7 Å². The van der Waals surface area contributed by atoms with E-state index in [1.54, 1.807) is 30.3 Å². The lowest BCUT2D eigenvalue weighted by Crippen LogP contribution is -2.42. The molecule has 0 aliphatic carbocycles. The highest BCUT2D eigenvalue weighted by Crippen LogP contribution is 2.25. The van der Waals surface area contributed by atoms with Crippen molar-refractivity contribution < 1.29 is 17.6 Å². The van der Waals surface area contributed by atoms with E-state index in [0.717, 1.165) is 19.3 Å². The molecule has 6 nitrogen and oxygen atoms in total. The summed E-state index contributed by atoms with van der Waals surface area (Å²) in [6, 6.07) is 9.68. The summed E-state index contributed by atoms with van der Waals surface area (Å²) in [5.41, 5.74) is 0.317. The first-order valence-electron chi connectivity index (χ1n) is 8.41. The van der Waals surface area contributed by atoms with E-state index in [4.69, 9.17) is 4.42 Å². The molecule has 0 spiro atoms. The van der Waals surface area contributed by atoms with Crippen LogP contribution in [0.15, 0.2) is 52.0 Å². The van der Waals surface area contributed by atoms with Crippen LogP contribution in [-0.4, -0.2) is 31.2 Å². The lowest BCUT2D eigenvalue weighted by molar-refractivity contribution is 0.0948. The first-order valence-corrected chi connectivity index (χ1v) is 9.85. The van der Waals surface area contributed by atoms with Crippen LogP contribution >= 0.6 is 0 Å². The van der Waals surface area contributed by atoms with Gasteiger partial charge in [-0.25, -0.2) is 8.42 Å². The number of rotatable bonds is 5. The minimum Gasteiger partial charge on any atom is -0.467 e. The van der Waals surface area contributed by atoms with Crippen molar-refractivity contribution in [2.75, 3.05) is 6.54 Å². The van der Waals surface area contributed by atoms with Crippen molar-refractivity contribution in [1.82, 2.24) is 9.62 Å². The molecule has 134 valence electrons. The van der Waals surface area contributed by atoms with Crippen LogP contribution in [0, 0.1) is 0 Å². The van der Waals surface area contributed by atoms with Crippen LogP contribution in [-0.2, 0) is 16.6 Å². The van der Waals surface area contributed by atoms with Gasteiger partial charge in [0.1, 0.15) is 5.76 Å². The normalized spacial score (nSPS) is 18.8. The van der Waals surface area contributed by atoms with Gasteiger partial charge < -0.3 is 9.73 Å². The van der Waals surface area contributed by atoms with Crippen LogP contribution < -0.4 is 5.32 Å². The number of carbonyl (C=O) groups is 1. The standard InChI is InChI=1S/C18H22N2O4S/c1-14-6-2-3-10-20(14)25(22,23)17-9-4-7-15(12-17)18(21)19-13-16-8-5-11-24-16/h4-5,7-9,11-12,14H,2-3,6,10,13H2,1H3,(H,19,21). The molecular weight excluding hydrogens is 340 g/mol. The summed E-state index contributed by atoms with van der Waals surface area (Å²) >= 11 is 0. The second-order valence-corrected chi connectivity index (χ2v) is 8.14. The fraction of sp³-hybridized carbons (Fsp3) is 0.389. The monoisotopic (exact) mass is 362 g/mol. The number of benzene rings is 1. The number of furan rings is 1. The summed E-state index contributed by atoms with van der Waals surface area (Å²) in [6.07, 6.45) is 4.31. The second kappa shape index (κ2) is 7.41. The highest BCUT2D eigenvalue weighted by Gasteiger charge is 2.31. The molecule has 1 unspecified atom stereocenters. The Labute approximate surface area is 147 Å². The molecule has 3 rings (SSSR count). The van der Waals surface area contributed by atoms with E-state index in [1.165, 1.54) is 16.6 Å². The molecule has 7 heteroatoms. The third-order valence-corrected chi connectivity index (χ3v) is 6.46. The Bertz CT molecular complexity index is 831. The van der Waals surface area contributed by atoms with Gasteiger partial charge in [0.2, 0.25) is 10.0 Å². The Hall–Kier alpha value is -2.12. The summed E-state index contributed by atoms with van der Waals surface area (Å²) in [6.45, 7) is 2.71. The Morgan fingerprint density at radius 2 is 2.12 bits per heavy atom. The van der Waals surface area contributed by atoms with Crippen molar-refractivity contribution in [3.63, 3.8) is 0 Å². The average molecular weight is 362 g/mol. The van der Waals surface area contributed by atoms with E-state index < -0.39 is 10.0 Å². The molecular formula is C18H22N2O4S. The van der Waals surface area contributed by atoms with Crippen LogP contribution in [0.3, 0.4) is 0 Å². The van der Waals surface area contributed by atoms with Crippen LogP contribution in [0.1, 0.15) is 42.3 Å². The summed E-state index contributed by atoms with van der Waals surface area (Å²) in [5.74, 6) is 0.305. The van der Waals surface area contributed by atoms with Crippen molar-refractivity contribution in [2.24, 2.45) is 0 Å². The van der Waals surface area contributed by atoms with Gasteiger partial charge in [-0.15, -0.1) is 0 Å². The third kappa shape index (κ3) is 3.93. The highest BCUT2D eigenvalue weighted by molar-refractivity contribution is 7.89. The molecule has 1 amide bonds. The summed E-state index contributed by atoms with van der Waals surface area (Å²) in [4.78, 5) is 12.5. The van der Waals surface area contributed by atoms with Crippen molar-refractivity contribution in [3.8, 4) is 0 Å². The van der Waals surface area contributed by atoms with Gasteiger partial charge in [-0.2, -0.15) is 4.31 Å². The molecule has 1 atom stereocenters. The highest BCUT2D eigenvalue weighted by atomic mass is 32.2. The third-order valence-electron chi connectivity index (χ3n) is 4.45. The molecule has 1 aromatic heterocycles. The zero-order valence-electron chi connectivity index (χ0n) is 14.1. The van der Waals surface area contributed by atoms with Gasteiger partial charge in [0, 0.05) is 18.2 Å². The molecule has 0 bridgehead atoms. The topological polar surface area (TPSA) is 79.6 Å². The minimum atomic E-state index is -3.59. The van der Waals surface area contributed by atoms with Crippen molar-refractivity contribution >= 4 is 15.9 Å². The number of piperidine rings is 1. The van der Waals surface area contributed by atoms with Gasteiger partial charge in [0.05, 0.1) is 17.7 Å². The van der Waals surface area contributed by atoms with Gasteiger partial charge in [0.25, 0.3) is 5.91 Å². The number of sulfonamides is 1. The largest absolute Gasteiger partial charge is 0.467 e. The molecule has 1 fully saturated rings. The lowest BCUT2D eigenvalue weighted by Gasteiger charge is -2.32. The van der Waals surface area contributed by atoms with E-state index in [9.17, 15) is 13.2 Å². The number of nitrogens with one attached hydrogen (secondary N) is 1. The van der Waals surface area contributed by atoms with Crippen LogP contribution in [0.4, 0.5) is 0 Å². The molecule has 2 heterocycles. The van der Waals surface area contributed by atoms with Gasteiger partial charge in [0.15, 0.2) is 0 Å². The van der Waals surface area contributed by atoms with Gasteiger partial charge in [-0.05, 0) is 50.1 Å². The van der Waals surface area contributed by atoms with Gasteiger partial charge in [-0.3, -0.25) is 4.79 Å². The number of carbonyl (C=O) groups excluding carboxylic acids is 1. The Morgan fingerprint density at radius 1 is 1.28 bits per heavy atom. The Morgan fingerprint density at radius 3 is 2.84 bits per heavy atom. The van der Waals surface area contributed by atoms with Crippen LogP contribution in [0.25, 0.3) is 0 Å². The van der Waals surface area contributed by atoms with E-state index in [0.29, 0.717) is 17.9 Å². The van der Waals surface area contributed by atoms with Gasteiger partial charge >= 0.3 is 0 Å². The van der Waals surface area contributed by atoms with Crippen LogP contribution in [0.2, 0.25) is 0 Å². The number of nitrogens with zero attached hydrogens (tertiary/aromatic N) is 1. The van der Waals surface area contributed by atoms with Crippen LogP contribution in [0.5, 0.6) is 0 Å². The Kier molecular flexibility index (Phi) is 5.24. The number of hydrogen-bond donors (Lipinski definition) is 1. The lowest BCUT2D eigenvalue weighted by atomic mass is 10.1. The number of amides is 1. The summed E-state index contributed by atoms with van der Waals surface area (Å²) < 4.78 is 32.5. The fourth-order valence-corrected chi connectivity index (χ4v) is 4.79. The van der Waals surface area contributed by atoms with E-state index >= 15 is 0 Å². The molecule has 25 heavy (non-hydrogen) atoms. The van der Waals surface area contributed by atoms with Crippen molar-refractivity contribution in [1.29, 1.82) is 0 Å². The molecule has 1 aliphatic rings. The minimum absolute atomic E-state index is 0.0183. The van der Waals surface area contributed by atoms with Crippen molar-refractivity contribution in [3.05, 3.63) is 54.0 Å². The first kappa shape index (κ1) is 17.7. The molecule has 1 aliphatic heterocycles. The molecule has 1 saturated heterocycles. The molecule has 0 saturated carbocycles. The van der Waals surface area contributed by atoms with E-state index in [-0.39, 0.29) is 23.4 Å². The van der Waals surface area contributed by atoms with Gasteiger partial charge in [-0.1, -0.05) is 12.5 Å². The fourth-order valence-electron chi connectivity index (χ4n) is 3.04. The summed E-state index contributed by atoms with van der Waals surface area (Å²) in [5, 5.41) is 2.73. The molecule has 0 radical (unpaired) electrons. The smallest absolute Gasteiger partial charge is 0.251 e. The summed E-state index contributed by atoms with van der Waals surface area (Å²) in [7, 11) is -3.59. The zero-order valence-corrected chi connectivity index (χ0v) is 15.0. The predicted molar refractivity (Wildman–Crippen MR) is 93.5 cm³/mol. The number of hydrogen-bond acceptors (Lipinski definition) is 4. The maximum absolute atomic E-state index is 12.9. The maximum Gasteiger partial charge on any atom is 0.251 e. The zero-order chi connectivity index (χ0) is 17.9. The quantitative estimate of drug-likeness (QED) is 0.887. The Balaban J connectivity index is 1.77. The van der Waals surface area contributed by atoms with E-state index in [1.807, 2.05) is 6.92 Å². The SMILES string of the molecule is CC1CCCCN1S(=O)(=O)c1cccc(C(=O)NCc2ccco2)c1. The maximum atomic E-state index is 12.9. The second-order valence-electron chi connectivity index (χ2n) is 6.25. The predicted octanol–water partition coefficient (Wildman–Crippen LogP) is 2.77. The average Bonchev–Trinajstić information content (AvgIpc) is 3.13. The molecule has 1 N–H and O–H groups in total. The van der Waals surface area contributed by atoms with E-state index in [2.05, 4.69) is 5.32 Å².